The molecule has 0 unspecified atom stereocenters. The number of carboxylic acids is 1. The Morgan fingerprint density at radius 3 is 2.03 bits per heavy atom. The Morgan fingerprint density at radius 1 is 0.933 bits per heavy atom. The third-order valence-corrected chi connectivity index (χ3v) is 5.35. The van der Waals surface area contributed by atoms with Crippen LogP contribution in [0.5, 0.6) is 0 Å². The third-order valence-electron chi connectivity index (χ3n) is 5.35. The van der Waals surface area contributed by atoms with Gasteiger partial charge in [0.05, 0.1) is 12.7 Å². The lowest BCUT2D eigenvalue weighted by molar-refractivity contribution is -0.168. The van der Waals surface area contributed by atoms with E-state index >= 15 is 0 Å². The summed E-state index contributed by atoms with van der Waals surface area (Å²) < 4.78 is 0. The molecule has 0 aliphatic heterocycles. The summed E-state index contributed by atoms with van der Waals surface area (Å²) in [5.74, 6) is -1.14. The van der Waals surface area contributed by atoms with Crippen LogP contribution in [0.2, 0.25) is 0 Å². The summed E-state index contributed by atoms with van der Waals surface area (Å²) in [7, 11) is 3.09. The highest BCUT2D eigenvalue weighted by molar-refractivity contribution is 5.88. The molecule has 0 aliphatic rings. The second-order valence-electron chi connectivity index (χ2n) is 7.19. The number of amides is 1. The van der Waals surface area contributed by atoms with E-state index in [-0.39, 0.29) is 17.4 Å². The summed E-state index contributed by atoms with van der Waals surface area (Å²) in [5.41, 5.74) is 5.45. The summed E-state index contributed by atoms with van der Waals surface area (Å²) in [4.78, 5) is 28.7. The normalized spacial score (nSPS) is 11.7. The van der Waals surface area contributed by atoms with E-state index in [0.717, 1.165) is 27.8 Å². The van der Waals surface area contributed by atoms with Crippen molar-refractivity contribution in [2.24, 2.45) is 0 Å². The van der Waals surface area contributed by atoms with Crippen LogP contribution in [0.1, 0.15) is 39.4 Å². The van der Waals surface area contributed by atoms with Gasteiger partial charge in [-0.05, 0) is 46.9 Å². The minimum Gasteiger partial charge on any atom is -0.478 e. The number of aryl methyl sites for hydroxylation is 1. The maximum Gasteiger partial charge on any atom is 0.335 e. The fourth-order valence-electron chi connectivity index (χ4n) is 3.50. The van der Waals surface area contributed by atoms with E-state index in [9.17, 15) is 9.59 Å². The van der Waals surface area contributed by atoms with Crippen LogP contribution in [0.3, 0.4) is 0 Å². The van der Waals surface area contributed by atoms with Crippen LogP contribution in [0.15, 0.2) is 72.8 Å². The molecule has 5 heteroatoms. The van der Waals surface area contributed by atoms with Crippen molar-refractivity contribution < 1.29 is 19.5 Å². The van der Waals surface area contributed by atoms with Gasteiger partial charge in [0, 0.05) is 19.4 Å². The van der Waals surface area contributed by atoms with Crippen molar-refractivity contribution in [1.82, 2.24) is 5.06 Å². The number of hydroxylamine groups is 2. The lowest BCUT2D eigenvalue weighted by atomic mass is 9.85. The van der Waals surface area contributed by atoms with Crippen LogP contribution >= 0.6 is 0 Å². The zero-order valence-electron chi connectivity index (χ0n) is 17.3. The number of hydrogen-bond donors (Lipinski definition) is 1. The van der Waals surface area contributed by atoms with Gasteiger partial charge in [-0.1, -0.05) is 60.7 Å². The molecule has 1 amide bonds. The topological polar surface area (TPSA) is 66.8 Å². The van der Waals surface area contributed by atoms with Crippen molar-refractivity contribution in [3.05, 3.63) is 95.1 Å². The molecule has 30 heavy (non-hydrogen) atoms. The lowest BCUT2D eigenvalue weighted by Gasteiger charge is -2.22. The van der Waals surface area contributed by atoms with Crippen molar-refractivity contribution in [1.29, 1.82) is 0 Å². The molecule has 0 saturated carbocycles. The van der Waals surface area contributed by atoms with E-state index in [1.54, 1.807) is 31.3 Å². The Labute approximate surface area is 176 Å². The molecule has 5 nitrogen and oxygen atoms in total. The number of nitrogens with zero attached hydrogens (tertiary/aromatic N) is 1. The fraction of sp³-hybridized carbons (Fsp3) is 0.200. The number of aromatic carboxylic acids is 1. The molecule has 154 valence electrons. The van der Waals surface area contributed by atoms with Gasteiger partial charge in [-0.3, -0.25) is 9.63 Å². The van der Waals surface area contributed by atoms with E-state index in [1.165, 1.54) is 12.2 Å². The molecule has 0 fully saturated rings. The van der Waals surface area contributed by atoms with Gasteiger partial charge in [-0.2, -0.15) is 0 Å². The first-order valence-corrected chi connectivity index (χ1v) is 9.70. The SMILES string of the molecule is CON(C)C(=O)C[C@H](c1ccc(-c2ccc(C(=O)O)cc2)cc1)c1ccccc1C. The van der Waals surface area contributed by atoms with Gasteiger partial charge in [0.15, 0.2) is 0 Å². The van der Waals surface area contributed by atoms with Crippen LogP contribution in [0.25, 0.3) is 11.1 Å². The average molecular weight is 403 g/mol. The van der Waals surface area contributed by atoms with E-state index in [1.807, 2.05) is 49.4 Å². The second kappa shape index (κ2) is 9.37. The molecule has 3 aromatic carbocycles. The van der Waals surface area contributed by atoms with Crippen LogP contribution < -0.4 is 0 Å². The van der Waals surface area contributed by atoms with E-state index < -0.39 is 5.97 Å². The molecule has 3 rings (SSSR count). The Balaban J connectivity index is 1.92. The van der Waals surface area contributed by atoms with Gasteiger partial charge in [-0.15, -0.1) is 0 Å². The van der Waals surface area contributed by atoms with Gasteiger partial charge < -0.3 is 5.11 Å². The fourth-order valence-corrected chi connectivity index (χ4v) is 3.50. The zero-order chi connectivity index (χ0) is 21.7. The monoisotopic (exact) mass is 403 g/mol. The van der Waals surface area contributed by atoms with E-state index in [4.69, 9.17) is 9.94 Å². The quantitative estimate of drug-likeness (QED) is 0.570. The molecule has 0 aliphatic carbocycles. The summed E-state index contributed by atoms with van der Waals surface area (Å²) >= 11 is 0. The Kier molecular flexibility index (Phi) is 6.65. The number of carboxylic acid groups (broad SMARTS) is 1. The van der Waals surface area contributed by atoms with Crippen LogP contribution in [0.4, 0.5) is 0 Å². The number of carbonyl (C=O) groups excluding carboxylic acids is 1. The molecular weight excluding hydrogens is 378 g/mol. The number of rotatable bonds is 7. The van der Waals surface area contributed by atoms with Gasteiger partial charge in [-0.25, -0.2) is 9.86 Å². The maximum atomic E-state index is 12.6. The highest BCUT2D eigenvalue weighted by Gasteiger charge is 2.22. The largest absolute Gasteiger partial charge is 0.478 e. The average Bonchev–Trinajstić information content (AvgIpc) is 2.77. The van der Waals surface area contributed by atoms with Crippen molar-refractivity contribution in [2.45, 2.75) is 19.3 Å². The molecule has 0 heterocycles. The van der Waals surface area contributed by atoms with Crippen LogP contribution in [-0.2, 0) is 9.63 Å². The van der Waals surface area contributed by atoms with Crippen molar-refractivity contribution >= 4 is 11.9 Å². The second-order valence-corrected chi connectivity index (χ2v) is 7.19. The van der Waals surface area contributed by atoms with Crippen molar-refractivity contribution in [3.8, 4) is 11.1 Å². The minimum absolute atomic E-state index is 0.0975. The number of benzene rings is 3. The van der Waals surface area contributed by atoms with E-state index in [0.29, 0.717) is 6.42 Å². The summed E-state index contributed by atoms with van der Waals surface area (Å²) in [5, 5.41) is 10.3. The molecule has 3 aromatic rings. The lowest BCUT2D eigenvalue weighted by Crippen LogP contribution is -2.27. The summed E-state index contributed by atoms with van der Waals surface area (Å²) in [6, 6.07) is 22.9. The first kappa shape index (κ1) is 21.3. The van der Waals surface area contributed by atoms with Crippen LogP contribution in [-0.4, -0.2) is 36.2 Å². The zero-order valence-corrected chi connectivity index (χ0v) is 17.3. The third kappa shape index (κ3) is 4.75. The molecule has 0 spiro atoms. The van der Waals surface area contributed by atoms with Gasteiger partial charge >= 0.3 is 5.97 Å². The summed E-state index contributed by atoms with van der Waals surface area (Å²) in [6.07, 6.45) is 0.294. The molecule has 0 saturated heterocycles. The predicted octanol–water partition coefficient (Wildman–Crippen LogP) is 4.90. The highest BCUT2D eigenvalue weighted by Crippen LogP contribution is 2.32. The van der Waals surface area contributed by atoms with Crippen LogP contribution in [0, 0.1) is 6.92 Å². The highest BCUT2D eigenvalue weighted by atomic mass is 16.7. The Hall–Kier alpha value is -3.44. The molecule has 0 radical (unpaired) electrons. The Morgan fingerprint density at radius 2 is 1.50 bits per heavy atom. The minimum atomic E-state index is -0.941. The Bertz CT molecular complexity index is 1030. The number of hydrogen-bond acceptors (Lipinski definition) is 3. The number of carbonyl (C=O) groups is 2. The van der Waals surface area contributed by atoms with Crippen molar-refractivity contribution in [2.75, 3.05) is 14.2 Å². The van der Waals surface area contributed by atoms with E-state index in [2.05, 4.69) is 6.07 Å². The van der Waals surface area contributed by atoms with Gasteiger partial charge in [0.1, 0.15) is 0 Å². The predicted molar refractivity (Wildman–Crippen MR) is 116 cm³/mol. The van der Waals surface area contributed by atoms with Crippen molar-refractivity contribution in [3.63, 3.8) is 0 Å². The standard InChI is InChI=1S/C25H25NO4/c1-17-6-4-5-7-22(17)23(16-24(27)26(2)30-3)20-12-8-18(9-13-20)19-10-14-21(15-11-19)25(28)29/h4-15,23H,16H2,1-3H3,(H,28,29)/t23-/m1/s1. The first-order valence-electron chi connectivity index (χ1n) is 9.70. The molecule has 0 bridgehead atoms. The molecular formula is C25H25NO4. The molecule has 0 aromatic heterocycles. The molecule has 1 N–H and O–H groups in total. The van der Waals surface area contributed by atoms with Gasteiger partial charge in [0.25, 0.3) is 0 Å². The smallest absolute Gasteiger partial charge is 0.335 e. The maximum absolute atomic E-state index is 12.6. The molecule has 1 atom stereocenters. The summed E-state index contributed by atoms with van der Waals surface area (Å²) in [6.45, 7) is 2.05. The first-order chi connectivity index (χ1) is 14.4. The van der Waals surface area contributed by atoms with Gasteiger partial charge in [0.2, 0.25) is 5.91 Å².